The molecule has 0 bridgehead atoms. The second-order valence-electron chi connectivity index (χ2n) is 6.87. The van der Waals surface area contributed by atoms with Gasteiger partial charge in [-0.1, -0.05) is 65.3 Å². The zero-order chi connectivity index (χ0) is 16.2. The molecule has 0 fully saturated rings. The van der Waals surface area contributed by atoms with Crippen molar-refractivity contribution in [3.8, 4) is 11.4 Å². The van der Waals surface area contributed by atoms with Crippen LogP contribution in [0.1, 0.15) is 58.9 Å². The smallest absolute Gasteiger partial charge is 0.135 e. The maximum Gasteiger partial charge on any atom is 0.203 e. The van der Waals surface area contributed by atoms with Crippen LogP contribution in [0.3, 0.4) is 0 Å². The first kappa shape index (κ1) is 16.5. The van der Waals surface area contributed by atoms with Crippen molar-refractivity contribution < 1.29 is 0 Å². The Bertz CT molecular complexity index is 578. The van der Waals surface area contributed by atoms with Crippen molar-refractivity contribution in [3.63, 3.8) is 0 Å². The van der Waals surface area contributed by atoms with E-state index in [1.807, 2.05) is 0 Å². The summed E-state index contributed by atoms with van der Waals surface area (Å²) in [5, 5.41) is 15.5. The van der Waals surface area contributed by atoms with E-state index < -0.39 is 0 Å². The van der Waals surface area contributed by atoms with E-state index >= 15 is 0 Å². The average Bonchev–Trinajstić information content (AvgIpc) is 2.55. The monoisotopic (exact) mass is 298 g/mol. The van der Waals surface area contributed by atoms with Gasteiger partial charge in [-0.2, -0.15) is 0 Å². The fourth-order valence-corrected chi connectivity index (χ4v) is 2.61. The van der Waals surface area contributed by atoms with E-state index in [1.54, 1.807) is 0 Å². The van der Waals surface area contributed by atoms with Crippen LogP contribution in [0.4, 0.5) is 0 Å². The van der Waals surface area contributed by atoms with Crippen LogP contribution in [-0.2, 0) is 0 Å². The van der Waals surface area contributed by atoms with Gasteiger partial charge in [-0.3, -0.25) is 0 Å². The number of hydrogen-bond donors (Lipinski definition) is 0. The predicted molar refractivity (Wildman–Crippen MR) is 89.3 cm³/mol. The lowest BCUT2D eigenvalue weighted by Gasteiger charge is -2.32. The van der Waals surface area contributed by atoms with Gasteiger partial charge in [0.1, 0.15) is 0 Å². The summed E-state index contributed by atoms with van der Waals surface area (Å²) in [4.78, 5) is 0. The minimum absolute atomic E-state index is 0.392. The standard InChI is InChI=1S/C18H26N4/c1-6-18(4,5)14(3)11-13(2)15-7-9-16(10-8-15)17-21-19-12-20-22-17/h7-10,12-14H,6,11H2,1-5H3. The Morgan fingerprint density at radius 1 is 1.00 bits per heavy atom. The summed E-state index contributed by atoms with van der Waals surface area (Å²) in [5.41, 5.74) is 2.71. The third kappa shape index (κ3) is 3.87. The Balaban J connectivity index is 2.07. The fraction of sp³-hybridized carbons (Fsp3) is 0.556. The zero-order valence-corrected chi connectivity index (χ0v) is 14.2. The number of rotatable bonds is 6. The molecule has 0 radical (unpaired) electrons. The quantitative estimate of drug-likeness (QED) is 0.788. The van der Waals surface area contributed by atoms with Crippen LogP contribution in [0, 0.1) is 11.3 Å². The number of aromatic nitrogens is 4. The minimum Gasteiger partial charge on any atom is -0.135 e. The molecule has 118 valence electrons. The lowest BCUT2D eigenvalue weighted by molar-refractivity contribution is 0.201. The first-order valence-electron chi connectivity index (χ1n) is 8.04. The van der Waals surface area contributed by atoms with E-state index in [4.69, 9.17) is 0 Å². The highest BCUT2D eigenvalue weighted by molar-refractivity contribution is 5.54. The van der Waals surface area contributed by atoms with Crippen LogP contribution in [0.2, 0.25) is 0 Å². The summed E-state index contributed by atoms with van der Waals surface area (Å²) >= 11 is 0. The lowest BCUT2D eigenvalue weighted by Crippen LogP contribution is -2.22. The predicted octanol–water partition coefficient (Wildman–Crippen LogP) is 4.50. The van der Waals surface area contributed by atoms with Gasteiger partial charge in [0.2, 0.25) is 5.82 Å². The van der Waals surface area contributed by atoms with Gasteiger partial charge < -0.3 is 0 Å². The van der Waals surface area contributed by atoms with Crippen LogP contribution in [-0.4, -0.2) is 20.4 Å². The zero-order valence-electron chi connectivity index (χ0n) is 14.2. The molecule has 0 amide bonds. The fourth-order valence-electron chi connectivity index (χ4n) is 2.61. The van der Waals surface area contributed by atoms with Gasteiger partial charge in [0.25, 0.3) is 0 Å². The van der Waals surface area contributed by atoms with Gasteiger partial charge in [0.05, 0.1) is 0 Å². The summed E-state index contributed by atoms with van der Waals surface area (Å²) in [7, 11) is 0. The van der Waals surface area contributed by atoms with Crippen molar-refractivity contribution in [1.82, 2.24) is 20.4 Å². The first-order valence-corrected chi connectivity index (χ1v) is 8.04. The van der Waals surface area contributed by atoms with Crippen molar-refractivity contribution in [3.05, 3.63) is 36.2 Å². The molecule has 1 aromatic heterocycles. The Kier molecular flexibility index (Phi) is 5.22. The van der Waals surface area contributed by atoms with Gasteiger partial charge in [-0.25, -0.2) is 0 Å². The first-order chi connectivity index (χ1) is 10.4. The minimum atomic E-state index is 0.392. The molecule has 22 heavy (non-hydrogen) atoms. The van der Waals surface area contributed by atoms with Crippen molar-refractivity contribution in [1.29, 1.82) is 0 Å². The molecule has 2 aromatic rings. The average molecular weight is 298 g/mol. The SMILES string of the molecule is CCC(C)(C)C(C)CC(C)c1ccc(-c2nncnn2)cc1. The largest absolute Gasteiger partial charge is 0.203 e. The lowest BCUT2D eigenvalue weighted by atomic mass is 9.73. The van der Waals surface area contributed by atoms with Crippen molar-refractivity contribution >= 4 is 0 Å². The van der Waals surface area contributed by atoms with Gasteiger partial charge in [-0.05, 0) is 29.2 Å². The van der Waals surface area contributed by atoms with Crippen molar-refractivity contribution in [2.24, 2.45) is 11.3 Å². The molecule has 0 aliphatic heterocycles. The highest BCUT2D eigenvalue weighted by Gasteiger charge is 2.25. The molecule has 0 N–H and O–H groups in total. The number of hydrogen-bond acceptors (Lipinski definition) is 4. The molecule has 4 heteroatoms. The molecule has 1 heterocycles. The summed E-state index contributed by atoms with van der Waals surface area (Å²) in [6, 6.07) is 8.45. The van der Waals surface area contributed by atoms with Gasteiger partial charge in [-0.15, -0.1) is 20.4 Å². The van der Waals surface area contributed by atoms with Gasteiger partial charge in [0.15, 0.2) is 6.33 Å². The molecule has 1 aromatic carbocycles. The van der Waals surface area contributed by atoms with Crippen LogP contribution < -0.4 is 0 Å². The summed E-state index contributed by atoms with van der Waals surface area (Å²) in [5.74, 6) is 1.81. The van der Waals surface area contributed by atoms with E-state index in [0.29, 0.717) is 23.1 Å². The molecular formula is C18H26N4. The summed E-state index contributed by atoms with van der Waals surface area (Å²) < 4.78 is 0. The molecule has 2 atom stereocenters. The molecule has 4 nitrogen and oxygen atoms in total. The summed E-state index contributed by atoms with van der Waals surface area (Å²) in [6.07, 6.45) is 3.76. The van der Waals surface area contributed by atoms with Crippen LogP contribution >= 0.6 is 0 Å². The molecule has 0 aliphatic rings. The molecule has 2 rings (SSSR count). The van der Waals surface area contributed by atoms with Crippen LogP contribution in [0.5, 0.6) is 0 Å². The van der Waals surface area contributed by atoms with E-state index in [0.717, 1.165) is 5.56 Å². The number of benzene rings is 1. The molecule has 0 saturated carbocycles. The maximum absolute atomic E-state index is 3.99. The molecular weight excluding hydrogens is 272 g/mol. The molecule has 2 unspecified atom stereocenters. The topological polar surface area (TPSA) is 51.6 Å². The second-order valence-corrected chi connectivity index (χ2v) is 6.87. The van der Waals surface area contributed by atoms with E-state index in [2.05, 4.69) is 79.3 Å². The van der Waals surface area contributed by atoms with E-state index in [-0.39, 0.29) is 0 Å². The Morgan fingerprint density at radius 3 is 2.14 bits per heavy atom. The van der Waals surface area contributed by atoms with Gasteiger partial charge >= 0.3 is 0 Å². The molecule has 0 saturated heterocycles. The van der Waals surface area contributed by atoms with Crippen LogP contribution in [0.25, 0.3) is 11.4 Å². The third-order valence-electron chi connectivity index (χ3n) is 5.10. The van der Waals surface area contributed by atoms with E-state index in [9.17, 15) is 0 Å². The van der Waals surface area contributed by atoms with Crippen LogP contribution in [0.15, 0.2) is 30.6 Å². The highest BCUT2D eigenvalue weighted by Crippen LogP contribution is 2.37. The van der Waals surface area contributed by atoms with E-state index in [1.165, 1.54) is 24.7 Å². The third-order valence-corrected chi connectivity index (χ3v) is 5.10. The van der Waals surface area contributed by atoms with Crippen molar-refractivity contribution in [2.45, 2.75) is 53.4 Å². The Labute approximate surface area is 133 Å². The Hall–Kier alpha value is -1.84. The maximum atomic E-state index is 3.99. The van der Waals surface area contributed by atoms with Crippen molar-refractivity contribution in [2.75, 3.05) is 0 Å². The molecule has 0 aliphatic carbocycles. The van der Waals surface area contributed by atoms with Gasteiger partial charge in [0, 0.05) is 5.56 Å². The summed E-state index contributed by atoms with van der Waals surface area (Å²) in [6.45, 7) is 11.7. The highest BCUT2D eigenvalue weighted by atomic mass is 15.3. The second kappa shape index (κ2) is 6.95. The normalized spacial score (nSPS) is 14.6. The molecule has 0 spiro atoms. The number of nitrogens with zero attached hydrogens (tertiary/aromatic N) is 4. The Morgan fingerprint density at radius 2 is 1.59 bits per heavy atom.